The number of benzene rings is 3. The Morgan fingerprint density at radius 2 is 1.57 bits per heavy atom. The average Bonchev–Trinajstić information content (AvgIpc) is 3.39. The molecule has 0 saturated heterocycles. The Bertz CT molecular complexity index is 1610. The van der Waals surface area contributed by atoms with Gasteiger partial charge in [-0.15, -0.1) is 0 Å². The van der Waals surface area contributed by atoms with Gasteiger partial charge >= 0.3 is 0 Å². The summed E-state index contributed by atoms with van der Waals surface area (Å²) in [5.41, 5.74) is 7.30. The quantitative estimate of drug-likeness (QED) is 0.227. The first-order chi connectivity index (χ1) is 16.9. The standard InChI is InChI=1S/C29H27N3O3/c1-18-15-22-23(16-19(18)2)32-28(27(30-29(32)31(22)3)21-9-7-6-8-10-21)24(33)13-11-20-12-14-25(34-4)26(17-20)35-5/h6-17H,1-5H3. The maximum atomic E-state index is 13.8. The number of nitrogens with zero attached hydrogens (tertiary/aromatic N) is 3. The van der Waals surface area contributed by atoms with Crippen molar-refractivity contribution in [3.63, 3.8) is 0 Å². The lowest BCUT2D eigenvalue weighted by atomic mass is 10.1. The second-order valence-electron chi connectivity index (χ2n) is 8.61. The lowest BCUT2D eigenvalue weighted by Crippen LogP contribution is -2.02. The van der Waals surface area contributed by atoms with Gasteiger partial charge in [0.05, 0.1) is 25.3 Å². The number of ketones is 1. The van der Waals surface area contributed by atoms with Gasteiger partial charge in [0.15, 0.2) is 11.5 Å². The number of aryl methyl sites for hydroxylation is 3. The van der Waals surface area contributed by atoms with Crippen molar-refractivity contribution in [3.05, 3.63) is 89.1 Å². The fourth-order valence-corrected chi connectivity index (χ4v) is 4.43. The Labute approximate surface area is 204 Å². The van der Waals surface area contributed by atoms with Crippen molar-refractivity contribution in [3.8, 4) is 22.8 Å². The van der Waals surface area contributed by atoms with Crippen LogP contribution in [-0.4, -0.2) is 34.0 Å². The monoisotopic (exact) mass is 465 g/mol. The van der Waals surface area contributed by atoms with E-state index in [9.17, 15) is 4.79 Å². The van der Waals surface area contributed by atoms with Gasteiger partial charge in [0.1, 0.15) is 11.4 Å². The average molecular weight is 466 g/mol. The Hall–Kier alpha value is -4.32. The van der Waals surface area contributed by atoms with Crippen molar-refractivity contribution >= 4 is 28.7 Å². The first kappa shape index (κ1) is 22.5. The third-order valence-electron chi connectivity index (χ3n) is 6.47. The van der Waals surface area contributed by atoms with E-state index in [-0.39, 0.29) is 5.78 Å². The molecule has 0 N–H and O–H groups in total. The molecule has 5 aromatic rings. The largest absolute Gasteiger partial charge is 0.493 e. The number of ether oxygens (including phenoxy) is 2. The molecule has 0 radical (unpaired) electrons. The molecule has 0 atom stereocenters. The van der Waals surface area contributed by atoms with Crippen LogP contribution in [-0.2, 0) is 7.05 Å². The van der Waals surface area contributed by atoms with E-state index in [1.54, 1.807) is 26.4 Å². The zero-order valence-electron chi connectivity index (χ0n) is 20.5. The lowest BCUT2D eigenvalue weighted by Gasteiger charge is -2.07. The predicted molar refractivity (Wildman–Crippen MR) is 139 cm³/mol. The number of carbonyl (C=O) groups is 1. The summed E-state index contributed by atoms with van der Waals surface area (Å²) in [6.45, 7) is 4.18. The summed E-state index contributed by atoms with van der Waals surface area (Å²) in [7, 11) is 5.18. The molecular weight excluding hydrogens is 438 g/mol. The summed E-state index contributed by atoms with van der Waals surface area (Å²) in [6, 6.07) is 19.7. The van der Waals surface area contributed by atoms with E-state index in [2.05, 4.69) is 26.0 Å². The van der Waals surface area contributed by atoms with Crippen molar-refractivity contribution in [1.82, 2.24) is 14.0 Å². The molecule has 0 fully saturated rings. The molecule has 5 rings (SSSR count). The van der Waals surface area contributed by atoms with Crippen LogP contribution in [0.4, 0.5) is 0 Å². The van der Waals surface area contributed by atoms with E-state index < -0.39 is 0 Å². The number of aromatic nitrogens is 3. The van der Waals surface area contributed by atoms with E-state index in [1.165, 1.54) is 11.1 Å². The summed E-state index contributed by atoms with van der Waals surface area (Å²) in [6.07, 6.45) is 3.38. The summed E-state index contributed by atoms with van der Waals surface area (Å²) in [4.78, 5) is 18.7. The number of carbonyl (C=O) groups excluding carboxylic acids is 1. The van der Waals surface area contributed by atoms with Gasteiger partial charge in [-0.25, -0.2) is 4.98 Å². The highest BCUT2D eigenvalue weighted by molar-refractivity contribution is 6.11. The number of imidazole rings is 2. The van der Waals surface area contributed by atoms with Gasteiger partial charge in [-0.05, 0) is 60.9 Å². The maximum Gasteiger partial charge on any atom is 0.215 e. The molecule has 35 heavy (non-hydrogen) atoms. The highest BCUT2D eigenvalue weighted by Gasteiger charge is 2.24. The van der Waals surface area contributed by atoms with Crippen LogP contribution in [0.1, 0.15) is 27.2 Å². The Balaban J connectivity index is 1.70. The van der Waals surface area contributed by atoms with E-state index in [0.29, 0.717) is 22.9 Å². The van der Waals surface area contributed by atoms with Crippen LogP contribution in [0.25, 0.3) is 34.1 Å². The van der Waals surface area contributed by atoms with Crippen molar-refractivity contribution in [2.75, 3.05) is 14.2 Å². The number of hydrogen-bond donors (Lipinski definition) is 0. The number of hydrogen-bond acceptors (Lipinski definition) is 4. The molecule has 0 saturated carbocycles. The van der Waals surface area contributed by atoms with Crippen molar-refractivity contribution in [1.29, 1.82) is 0 Å². The molecule has 0 spiro atoms. The number of allylic oxidation sites excluding steroid dienone is 1. The molecule has 0 unspecified atom stereocenters. The van der Waals surface area contributed by atoms with Gasteiger partial charge < -0.3 is 14.0 Å². The summed E-state index contributed by atoms with van der Waals surface area (Å²) in [5, 5.41) is 0. The van der Waals surface area contributed by atoms with Crippen LogP contribution in [0.15, 0.2) is 66.7 Å². The minimum absolute atomic E-state index is 0.128. The molecule has 6 nitrogen and oxygen atoms in total. The van der Waals surface area contributed by atoms with Crippen LogP contribution in [0, 0.1) is 13.8 Å². The number of methoxy groups -OCH3 is 2. The SMILES string of the molecule is COc1ccc(C=CC(=O)c2c(-c3ccccc3)nc3n(C)c4cc(C)c(C)cc4n23)cc1OC. The third kappa shape index (κ3) is 3.77. The van der Waals surface area contributed by atoms with Gasteiger partial charge in [-0.1, -0.05) is 42.5 Å². The van der Waals surface area contributed by atoms with Crippen LogP contribution >= 0.6 is 0 Å². The molecule has 0 aliphatic carbocycles. The van der Waals surface area contributed by atoms with Crippen molar-refractivity contribution in [2.24, 2.45) is 7.05 Å². The fourth-order valence-electron chi connectivity index (χ4n) is 4.43. The smallest absolute Gasteiger partial charge is 0.215 e. The second-order valence-corrected chi connectivity index (χ2v) is 8.61. The van der Waals surface area contributed by atoms with Gasteiger partial charge in [0, 0.05) is 12.6 Å². The first-order valence-electron chi connectivity index (χ1n) is 11.4. The molecule has 2 heterocycles. The molecule has 0 amide bonds. The maximum absolute atomic E-state index is 13.8. The van der Waals surface area contributed by atoms with Crippen LogP contribution in [0.5, 0.6) is 11.5 Å². The Morgan fingerprint density at radius 1 is 0.886 bits per heavy atom. The van der Waals surface area contributed by atoms with E-state index >= 15 is 0 Å². The fraction of sp³-hybridized carbons (Fsp3) is 0.172. The highest BCUT2D eigenvalue weighted by Crippen LogP contribution is 2.32. The van der Waals surface area contributed by atoms with Gasteiger partial charge in [-0.2, -0.15) is 0 Å². The first-order valence-corrected chi connectivity index (χ1v) is 11.4. The lowest BCUT2D eigenvalue weighted by molar-refractivity contribution is 0.104. The van der Waals surface area contributed by atoms with E-state index in [0.717, 1.165) is 27.9 Å². The van der Waals surface area contributed by atoms with Gasteiger partial charge in [0.25, 0.3) is 0 Å². The van der Waals surface area contributed by atoms with Gasteiger partial charge in [-0.3, -0.25) is 9.20 Å². The van der Waals surface area contributed by atoms with Crippen LogP contribution in [0.3, 0.4) is 0 Å². The Kier molecular flexibility index (Phi) is 5.65. The molecule has 3 aromatic carbocycles. The zero-order chi connectivity index (χ0) is 24.7. The third-order valence-corrected chi connectivity index (χ3v) is 6.47. The van der Waals surface area contributed by atoms with Gasteiger partial charge in [0.2, 0.25) is 11.6 Å². The highest BCUT2D eigenvalue weighted by atomic mass is 16.5. The predicted octanol–water partition coefficient (Wildman–Crippen LogP) is 6.02. The van der Waals surface area contributed by atoms with Crippen molar-refractivity contribution < 1.29 is 14.3 Å². The molecule has 2 aromatic heterocycles. The zero-order valence-corrected chi connectivity index (χ0v) is 20.5. The van der Waals surface area contributed by atoms with Crippen LogP contribution in [0.2, 0.25) is 0 Å². The molecule has 6 heteroatoms. The van der Waals surface area contributed by atoms with E-state index in [1.807, 2.05) is 64.5 Å². The molecular formula is C29H27N3O3. The second kappa shape index (κ2) is 8.80. The molecule has 0 bridgehead atoms. The summed E-state index contributed by atoms with van der Waals surface area (Å²) >= 11 is 0. The number of fused-ring (bicyclic) bond motifs is 3. The summed E-state index contributed by atoms with van der Waals surface area (Å²) in [5.74, 6) is 1.85. The summed E-state index contributed by atoms with van der Waals surface area (Å²) < 4.78 is 14.7. The molecule has 0 aliphatic rings. The molecule has 0 aliphatic heterocycles. The minimum Gasteiger partial charge on any atom is -0.493 e. The Morgan fingerprint density at radius 3 is 2.26 bits per heavy atom. The van der Waals surface area contributed by atoms with Crippen molar-refractivity contribution in [2.45, 2.75) is 13.8 Å². The van der Waals surface area contributed by atoms with Crippen LogP contribution < -0.4 is 9.47 Å². The normalized spacial score (nSPS) is 11.6. The van der Waals surface area contributed by atoms with E-state index in [4.69, 9.17) is 14.5 Å². The number of rotatable bonds is 6. The topological polar surface area (TPSA) is 57.8 Å². The minimum atomic E-state index is -0.128. The molecule has 176 valence electrons.